The summed E-state index contributed by atoms with van der Waals surface area (Å²) in [5, 5.41) is 11.7. The van der Waals surface area contributed by atoms with Gasteiger partial charge >= 0.3 is 0 Å². The Morgan fingerprint density at radius 2 is 2.06 bits per heavy atom. The maximum absolute atomic E-state index is 12.1. The van der Waals surface area contributed by atoms with E-state index >= 15 is 0 Å². The molecule has 2 atom stereocenters. The van der Waals surface area contributed by atoms with E-state index in [0.29, 0.717) is 6.42 Å². The highest BCUT2D eigenvalue weighted by atomic mass is 16.1. The zero-order valence-corrected chi connectivity index (χ0v) is 11.0. The van der Waals surface area contributed by atoms with Crippen molar-refractivity contribution in [2.75, 3.05) is 5.32 Å². The Morgan fingerprint density at radius 1 is 1.39 bits per heavy atom. The zero-order chi connectivity index (χ0) is 13.4. The molecule has 3 nitrogen and oxygen atoms in total. The van der Waals surface area contributed by atoms with Crippen LogP contribution in [0.2, 0.25) is 0 Å². The first kappa shape index (κ1) is 14.2. The second-order valence-corrected chi connectivity index (χ2v) is 4.61. The highest BCUT2D eigenvalue weighted by Gasteiger charge is 2.20. The number of para-hydroxylation sites is 1. The number of hydrogen-bond acceptors (Lipinski definition) is 2. The molecule has 0 radical (unpaired) electrons. The Morgan fingerprint density at radius 3 is 2.61 bits per heavy atom. The molecule has 0 aliphatic rings. The van der Waals surface area contributed by atoms with Crippen molar-refractivity contribution in [2.24, 2.45) is 11.8 Å². The number of nitrogens with zero attached hydrogens (tertiary/aromatic N) is 1. The summed E-state index contributed by atoms with van der Waals surface area (Å²) in [7, 11) is 0. The van der Waals surface area contributed by atoms with Gasteiger partial charge in [-0.1, -0.05) is 31.5 Å². The summed E-state index contributed by atoms with van der Waals surface area (Å²) in [6.45, 7) is 3.91. The number of carbonyl (C=O) groups is 1. The normalized spacial score (nSPS) is 13.4. The van der Waals surface area contributed by atoms with Crippen molar-refractivity contribution in [2.45, 2.75) is 33.1 Å². The van der Waals surface area contributed by atoms with E-state index < -0.39 is 0 Å². The lowest BCUT2D eigenvalue weighted by atomic mass is 9.92. The maximum atomic E-state index is 12.1. The van der Waals surface area contributed by atoms with E-state index in [-0.39, 0.29) is 17.7 Å². The Kier molecular flexibility index (Phi) is 5.93. The van der Waals surface area contributed by atoms with Crippen LogP contribution in [0.5, 0.6) is 0 Å². The summed E-state index contributed by atoms with van der Waals surface area (Å²) in [4.78, 5) is 12.1. The fraction of sp³-hybridized carbons (Fsp3) is 0.467. The third-order valence-electron chi connectivity index (χ3n) is 2.91. The smallest absolute Gasteiger partial charge is 0.227 e. The van der Waals surface area contributed by atoms with Crippen molar-refractivity contribution < 1.29 is 4.79 Å². The SMILES string of the molecule is CCCC(CC(C)C#N)C(=O)Nc1ccccc1. The minimum Gasteiger partial charge on any atom is -0.326 e. The van der Waals surface area contributed by atoms with Gasteiger partial charge in [-0.25, -0.2) is 0 Å². The van der Waals surface area contributed by atoms with E-state index in [4.69, 9.17) is 5.26 Å². The van der Waals surface area contributed by atoms with Crippen LogP contribution in [0.4, 0.5) is 5.69 Å². The van der Waals surface area contributed by atoms with Crippen LogP contribution in [0.15, 0.2) is 30.3 Å². The first-order chi connectivity index (χ1) is 8.67. The molecule has 1 amide bonds. The number of nitrogens with one attached hydrogen (secondary N) is 1. The second kappa shape index (κ2) is 7.50. The van der Waals surface area contributed by atoms with E-state index in [9.17, 15) is 4.79 Å². The van der Waals surface area contributed by atoms with Crippen LogP contribution in [0.3, 0.4) is 0 Å². The molecule has 96 valence electrons. The summed E-state index contributed by atoms with van der Waals surface area (Å²) in [6, 6.07) is 11.6. The van der Waals surface area contributed by atoms with Crippen molar-refractivity contribution >= 4 is 11.6 Å². The van der Waals surface area contributed by atoms with E-state index in [1.807, 2.05) is 37.3 Å². The molecule has 18 heavy (non-hydrogen) atoms. The zero-order valence-electron chi connectivity index (χ0n) is 11.0. The number of rotatable bonds is 6. The number of carbonyl (C=O) groups excluding carboxylic acids is 1. The fourth-order valence-electron chi connectivity index (χ4n) is 1.95. The molecule has 0 aromatic heterocycles. The van der Waals surface area contributed by atoms with Crippen LogP contribution in [0.25, 0.3) is 0 Å². The Balaban J connectivity index is 2.62. The summed E-state index contributed by atoms with van der Waals surface area (Å²) in [6.07, 6.45) is 2.40. The molecule has 0 bridgehead atoms. The number of nitriles is 1. The molecular formula is C15H20N2O. The van der Waals surface area contributed by atoms with E-state index in [2.05, 4.69) is 18.3 Å². The van der Waals surface area contributed by atoms with Crippen molar-refractivity contribution in [1.82, 2.24) is 0 Å². The Bertz CT molecular complexity index is 408. The summed E-state index contributed by atoms with van der Waals surface area (Å²) < 4.78 is 0. The van der Waals surface area contributed by atoms with Gasteiger partial charge in [0.1, 0.15) is 0 Å². The Hall–Kier alpha value is -1.82. The highest BCUT2D eigenvalue weighted by Crippen LogP contribution is 2.19. The maximum Gasteiger partial charge on any atom is 0.227 e. The number of anilines is 1. The lowest BCUT2D eigenvalue weighted by molar-refractivity contribution is -0.120. The van der Waals surface area contributed by atoms with Gasteiger partial charge in [-0.15, -0.1) is 0 Å². The van der Waals surface area contributed by atoms with Crippen molar-refractivity contribution in [3.05, 3.63) is 30.3 Å². The summed E-state index contributed by atoms with van der Waals surface area (Å²) >= 11 is 0. The van der Waals surface area contributed by atoms with Crippen molar-refractivity contribution in [3.8, 4) is 6.07 Å². The van der Waals surface area contributed by atoms with Crippen LogP contribution in [-0.4, -0.2) is 5.91 Å². The number of hydrogen-bond donors (Lipinski definition) is 1. The van der Waals surface area contributed by atoms with E-state index in [0.717, 1.165) is 18.5 Å². The van der Waals surface area contributed by atoms with Gasteiger partial charge in [-0.05, 0) is 31.9 Å². The third kappa shape index (κ3) is 4.58. The van der Waals surface area contributed by atoms with Crippen molar-refractivity contribution in [3.63, 3.8) is 0 Å². The molecule has 0 aliphatic heterocycles. The predicted octanol–water partition coefficient (Wildman–Crippen LogP) is 3.59. The number of benzene rings is 1. The molecule has 0 saturated heterocycles. The quantitative estimate of drug-likeness (QED) is 0.831. The summed E-state index contributed by atoms with van der Waals surface area (Å²) in [5.41, 5.74) is 0.813. The third-order valence-corrected chi connectivity index (χ3v) is 2.91. The largest absolute Gasteiger partial charge is 0.326 e. The molecule has 0 fully saturated rings. The molecule has 1 rings (SSSR count). The Labute approximate surface area is 109 Å². The molecule has 0 saturated carbocycles. The first-order valence-electron chi connectivity index (χ1n) is 6.42. The first-order valence-corrected chi connectivity index (χ1v) is 6.42. The molecule has 3 heteroatoms. The van der Waals surface area contributed by atoms with Crippen LogP contribution in [0, 0.1) is 23.2 Å². The molecule has 0 aliphatic carbocycles. The van der Waals surface area contributed by atoms with Gasteiger partial charge in [0.05, 0.1) is 6.07 Å². The molecule has 0 spiro atoms. The van der Waals surface area contributed by atoms with Gasteiger partial charge in [0, 0.05) is 17.5 Å². The van der Waals surface area contributed by atoms with Crippen molar-refractivity contribution in [1.29, 1.82) is 5.26 Å². The van der Waals surface area contributed by atoms with Crippen LogP contribution < -0.4 is 5.32 Å². The van der Waals surface area contributed by atoms with E-state index in [1.54, 1.807) is 0 Å². The highest BCUT2D eigenvalue weighted by molar-refractivity contribution is 5.92. The topological polar surface area (TPSA) is 52.9 Å². The molecule has 1 aromatic rings. The molecular weight excluding hydrogens is 224 g/mol. The lowest BCUT2D eigenvalue weighted by Crippen LogP contribution is -2.24. The predicted molar refractivity (Wildman–Crippen MR) is 72.9 cm³/mol. The molecule has 2 unspecified atom stereocenters. The molecule has 1 N–H and O–H groups in total. The minimum absolute atomic E-state index is 0.0187. The van der Waals surface area contributed by atoms with Gasteiger partial charge < -0.3 is 5.32 Å². The average molecular weight is 244 g/mol. The van der Waals surface area contributed by atoms with Crippen LogP contribution >= 0.6 is 0 Å². The van der Waals surface area contributed by atoms with Gasteiger partial charge in [0.25, 0.3) is 0 Å². The van der Waals surface area contributed by atoms with Gasteiger partial charge in [-0.2, -0.15) is 5.26 Å². The lowest BCUT2D eigenvalue weighted by Gasteiger charge is -2.17. The van der Waals surface area contributed by atoms with Gasteiger partial charge in [0.15, 0.2) is 0 Å². The van der Waals surface area contributed by atoms with Crippen LogP contribution in [-0.2, 0) is 4.79 Å². The second-order valence-electron chi connectivity index (χ2n) is 4.61. The van der Waals surface area contributed by atoms with Crippen LogP contribution in [0.1, 0.15) is 33.1 Å². The fourth-order valence-corrected chi connectivity index (χ4v) is 1.95. The standard InChI is InChI=1S/C15H20N2O/c1-3-7-13(10-12(2)11-16)15(18)17-14-8-5-4-6-9-14/h4-6,8-9,12-13H,3,7,10H2,1-2H3,(H,17,18). The minimum atomic E-state index is -0.0805. The monoisotopic (exact) mass is 244 g/mol. The van der Waals surface area contributed by atoms with E-state index in [1.165, 1.54) is 0 Å². The van der Waals surface area contributed by atoms with Gasteiger partial charge in [0.2, 0.25) is 5.91 Å². The molecule has 0 heterocycles. The number of amides is 1. The van der Waals surface area contributed by atoms with Gasteiger partial charge in [-0.3, -0.25) is 4.79 Å². The average Bonchev–Trinajstić information content (AvgIpc) is 2.39. The molecule has 1 aromatic carbocycles. The summed E-state index contributed by atoms with van der Waals surface area (Å²) in [5.74, 6) is -0.141.